The van der Waals surface area contributed by atoms with Crippen LogP contribution in [0.15, 0.2) is 5.38 Å². The van der Waals surface area contributed by atoms with E-state index >= 15 is 0 Å². The number of aliphatic hydroxyl groups excluding tert-OH is 1. The van der Waals surface area contributed by atoms with Crippen molar-refractivity contribution in [3.05, 3.63) is 11.1 Å². The monoisotopic (exact) mass is 283 g/mol. The maximum Gasteiger partial charge on any atom is 0.185 e. The number of aliphatic hydroxyl groups is 1. The van der Waals surface area contributed by atoms with Crippen molar-refractivity contribution in [3.63, 3.8) is 0 Å². The quantitative estimate of drug-likeness (QED) is 0.868. The summed E-state index contributed by atoms with van der Waals surface area (Å²) in [6, 6.07) is 0.949. The average Bonchev–Trinajstić information content (AvgIpc) is 2.85. The third-order valence-corrected chi connectivity index (χ3v) is 5.03. The number of aromatic nitrogens is 1. The van der Waals surface area contributed by atoms with Crippen LogP contribution >= 0.6 is 11.3 Å². The molecule has 0 saturated carbocycles. The highest BCUT2D eigenvalue weighted by Crippen LogP contribution is 2.24. The van der Waals surface area contributed by atoms with Crippen LogP contribution in [0.4, 0.5) is 5.13 Å². The molecule has 5 heteroatoms. The van der Waals surface area contributed by atoms with Crippen LogP contribution in [-0.4, -0.2) is 41.9 Å². The summed E-state index contributed by atoms with van der Waals surface area (Å²) in [5, 5.41) is 16.1. The van der Waals surface area contributed by atoms with E-state index in [0.29, 0.717) is 18.0 Å². The van der Waals surface area contributed by atoms with Crippen LogP contribution in [0.25, 0.3) is 0 Å². The number of hydrogen-bond donors (Lipinski definition) is 2. The van der Waals surface area contributed by atoms with Gasteiger partial charge in [-0.3, -0.25) is 0 Å². The fraction of sp³-hybridized carbons (Fsp3) is 0.786. The molecule has 0 amide bonds. The second-order valence-corrected chi connectivity index (χ2v) is 6.48. The van der Waals surface area contributed by atoms with Gasteiger partial charge in [0, 0.05) is 37.2 Å². The molecular weight excluding hydrogens is 258 g/mol. The van der Waals surface area contributed by atoms with Gasteiger partial charge in [0.15, 0.2) is 5.13 Å². The summed E-state index contributed by atoms with van der Waals surface area (Å²) < 4.78 is 0. The van der Waals surface area contributed by atoms with Crippen LogP contribution in [0, 0.1) is 12.8 Å². The number of nitrogens with one attached hydrogen (secondary N) is 1. The predicted molar refractivity (Wildman–Crippen MR) is 80.9 cm³/mol. The van der Waals surface area contributed by atoms with Gasteiger partial charge in [0.2, 0.25) is 0 Å². The largest absolute Gasteiger partial charge is 0.396 e. The van der Waals surface area contributed by atoms with Crippen molar-refractivity contribution in [1.82, 2.24) is 10.3 Å². The van der Waals surface area contributed by atoms with E-state index in [0.717, 1.165) is 36.8 Å². The summed E-state index contributed by atoms with van der Waals surface area (Å²) in [5.41, 5.74) is 1.12. The summed E-state index contributed by atoms with van der Waals surface area (Å²) in [5.74, 6) is 0.319. The maximum absolute atomic E-state index is 9.17. The Bertz CT molecular complexity index is 388. The number of anilines is 1. The van der Waals surface area contributed by atoms with Crippen molar-refractivity contribution in [3.8, 4) is 0 Å². The van der Waals surface area contributed by atoms with Crippen molar-refractivity contribution in [2.24, 2.45) is 5.92 Å². The summed E-state index contributed by atoms with van der Waals surface area (Å²) >= 11 is 1.74. The number of rotatable bonds is 5. The second-order valence-electron chi connectivity index (χ2n) is 5.65. The van der Waals surface area contributed by atoms with Gasteiger partial charge in [-0.05, 0) is 32.6 Å². The van der Waals surface area contributed by atoms with Crippen molar-refractivity contribution in [2.45, 2.75) is 45.7 Å². The zero-order chi connectivity index (χ0) is 13.8. The Morgan fingerprint density at radius 2 is 2.16 bits per heavy atom. The number of piperidine rings is 1. The molecule has 0 bridgehead atoms. The molecule has 4 nitrogen and oxygen atoms in total. The Kier molecular flexibility index (Phi) is 5.19. The van der Waals surface area contributed by atoms with Gasteiger partial charge in [-0.15, -0.1) is 11.3 Å². The number of thiazole rings is 1. The molecule has 1 aliphatic rings. The van der Waals surface area contributed by atoms with E-state index in [2.05, 4.69) is 34.4 Å². The van der Waals surface area contributed by atoms with Gasteiger partial charge in [0.1, 0.15) is 0 Å². The Balaban J connectivity index is 1.79. The molecule has 1 saturated heterocycles. The zero-order valence-electron chi connectivity index (χ0n) is 12.1. The highest BCUT2D eigenvalue weighted by Gasteiger charge is 2.23. The van der Waals surface area contributed by atoms with Crippen molar-refractivity contribution < 1.29 is 5.11 Å². The highest BCUT2D eigenvalue weighted by molar-refractivity contribution is 7.13. The molecule has 0 radical (unpaired) electrons. The topological polar surface area (TPSA) is 48.4 Å². The molecule has 0 aliphatic carbocycles. The van der Waals surface area contributed by atoms with E-state index in [1.54, 1.807) is 11.3 Å². The van der Waals surface area contributed by atoms with Crippen LogP contribution in [0.5, 0.6) is 0 Å². The first-order valence-electron chi connectivity index (χ1n) is 7.14. The van der Waals surface area contributed by atoms with Crippen molar-refractivity contribution in [1.29, 1.82) is 0 Å². The lowest BCUT2D eigenvalue weighted by Gasteiger charge is -2.34. The molecule has 0 aromatic carbocycles. The molecule has 1 aromatic rings. The maximum atomic E-state index is 9.17. The third kappa shape index (κ3) is 3.91. The van der Waals surface area contributed by atoms with Crippen LogP contribution in [0.1, 0.15) is 32.4 Å². The molecule has 108 valence electrons. The molecule has 1 aliphatic heterocycles. The molecule has 1 fully saturated rings. The van der Waals surface area contributed by atoms with Gasteiger partial charge < -0.3 is 15.3 Å². The fourth-order valence-corrected chi connectivity index (χ4v) is 3.28. The normalized spacial score (nSPS) is 20.5. The van der Waals surface area contributed by atoms with E-state index in [4.69, 9.17) is 0 Å². The molecule has 2 atom stereocenters. The molecule has 2 heterocycles. The molecule has 0 spiro atoms. The Labute approximate surface area is 119 Å². The SMILES string of the molecule is Cc1csc(N2CCC(NC(C)C(C)CO)CC2)n1. The molecular formula is C14H25N3OS. The highest BCUT2D eigenvalue weighted by atomic mass is 32.1. The number of nitrogens with zero attached hydrogens (tertiary/aromatic N) is 2. The van der Waals surface area contributed by atoms with Gasteiger partial charge in [-0.25, -0.2) is 4.98 Å². The van der Waals surface area contributed by atoms with Gasteiger partial charge in [-0.2, -0.15) is 0 Å². The first-order valence-corrected chi connectivity index (χ1v) is 8.02. The molecule has 2 unspecified atom stereocenters. The van der Waals surface area contributed by atoms with E-state index < -0.39 is 0 Å². The van der Waals surface area contributed by atoms with E-state index in [-0.39, 0.29) is 6.61 Å². The first-order chi connectivity index (χ1) is 9.10. The minimum Gasteiger partial charge on any atom is -0.396 e. The van der Waals surface area contributed by atoms with Crippen LogP contribution < -0.4 is 10.2 Å². The molecule has 1 aromatic heterocycles. The Morgan fingerprint density at radius 1 is 1.47 bits per heavy atom. The van der Waals surface area contributed by atoms with Crippen molar-refractivity contribution in [2.75, 3.05) is 24.6 Å². The van der Waals surface area contributed by atoms with Gasteiger partial charge >= 0.3 is 0 Å². The fourth-order valence-electron chi connectivity index (χ4n) is 2.42. The standard InChI is InChI=1S/C14H25N3OS/c1-10(8-18)12(3)16-13-4-6-17(7-5-13)14-15-11(2)9-19-14/h9-10,12-13,16,18H,4-8H2,1-3H3. The van der Waals surface area contributed by atoms with Crippen LogP contribution in [0.3, 0.4) is 0 Å². The lowest BCUT2D eigenvalue weighted by atomic mass is 10.00. The van der Waals surface area contributed by atoms with Crippen LogP contribution in [0.2, 0.25) is 0 Å². The minimum atomic E-state index is 0.255. The zero-order valence-corrected chi connectivity index (χ0v) is 12.9. The molecule has 2 rings (SSSR count). The summed E-state index contributed by atoms with van der Waals surface area (Å²) in [6.07, 6.45) is 2.31. The van der Waals surface area contributed by atoms with Gasteiger partial charge in [0.25, 0.3) is 0 Å². The predicted octanol–water partition coefficient (Wildman–Crippen LogP) is 2.03. The van der Waals surface area contributed by atoms with Gasteiger partial charge in [-0.1, -0.05) is 6.92 Å². The number of hydrogen-bond acceptors (Lipinski definition) is 5. The lowest BCUT2D eigenvalue weighted by Crippen LogP contribution is -2.47. The average molecular weight is 283 g/mol. The lowest BCUT2D eigenvalue weighted by molar-refractivity contribution is 0.196. The first kappa shape index (κ1) is 14.8. The van der Waals surface area contributed by atoms with Gasteiger partial charge in [0.05, 0.1) is 5.69 Å². The molecule has 2 N–H and O–H groups in total. The van der Waals surface area contributed by atoms with Crippen LogP contribution in [-0.2, 0) is 0 Å². The third-order valence-electron chi connectivity index (χ3n) is 4.01. The van der Waals surface area contributed by atoms with E-state index in [1.807, 2.05) is 6.92 Å². The van der Waals surface area contributed by atoms with E-state index in [1.165, 1.54) is 0 Å². The summed E-state index contributed by atoms with van der Waals surface area (Å²) in [7, 11) is 0. The molecule has 19 heavy (non-hydrogen) atoms. The number of aryl methyl sites for hydroxylation is 1. The minimum absolute atomic E-state index is 0.255. The smallest absolute Gasteiger partial charge is 0.185 e. The second kappa shape index (κ2) is 6.68. The Morgan fingerprint density at radius 3 is 2.68 bits per heavy atom. The van der Waals surface area contributed by atoms with Crippen molar-refractivity contribution >= 4 is 16.5 Å². The Hall–Kier alpha value is -0.650. The summed E-state index contributed by atoms with van der Waals surface area (Å²) in [6.45, 7) is 8.70. The summed E-state index contributed by atoms with van der Waals surface area (Å²) in [4.78, 5) is 6.94. The van der Waals surface area contributed by atoms with E-state index in [9.17, 15) is 5.11 Å².